The molecule has 8 atom stereocenters. The summed E-state index contributed by atoms with van der Waals surface area (Å²) in [6, 6.07) is 0. The van der Waals surface area contributed by atoms with Crippen LogP contribution in [0.3, 0.4) is 0 Å². The van der Waals surface area contributed by atoms with Gasteiger partial charge in [0.05, 0.1) is 0 Å². The summed E-state index contributed by atoms with van der Waals surface area (Å²) in [6.07, 6.45) is 19.2. The molecule has 0 aromatic carbocycles. The maximum atomic E-state index is 2.44. The van der Waals surface area contributed by atoms with Gasteiger partial charge >= 0.3 is 0 Å². The first-order valence-corrected chi connectivity index (χ1v) is 11.7. The maximum absolute atomic E-state index is 2.44. The van der Waals surface area contributed by atoms with Gasteiger partial charge in [-0.05, 0) is 123 Å². The Morgan fingerprint density at radius 2 is 0.583 bits per heavy atom. The summed E-state index contributed by atoms with van der Waals surface area (Å²) in [6.45, 7) is 4.87. The lowest BCUT2D eigenvalue weighted by molar-refractivity contribution is -0.00645. The highest BCUT2D eigenvalue weighted by atomic mass is 14.5. The van der Waals surface area contributed by atoms with Gasteiger partial charge in [-0.15, -0.1) is 0 Å². The standard InChI is InChI=1S/C24H40/c1-3-15-5-17-9-21-13-23-11-19-7-16(4-2)8-20(19)12-24(23)14-22(21)10-18(17)6-15/h15-24H,3-14H2,1-2H3. The summed E-state index contributed by atoms with van der Waals surface area (Å²) in [7, 11) is 0. The third kappa shape index (κ3) is 2.69. The third-order valence-corrected chi connectivity index (χ3v) is 10.00. The molecule has 0 heteroatoms. The molecule has 24 heavy (non-hydrogen) atoms. The summed E-state index contributed by atoms with van der Waals surface area (Å²) >= 11 is 0. The summed E-state index contributed by atoms with van der Waals surface area (Å²) < 4.78 is 0. The van der Waals surface area contributed by atoms with E-state index in [1.165, 1.54) is 12.8 Å². The Morgan fingerprint density at radius 1 is 0.375 bits per heavy atom. The fraction of sp³-hybridized carbons (Fsp3) is 1.00. The van der Waals surface area contributed by atoms with Crippen LogP contribution >= 0.6 is 0 Å². The molecule has 0 bridgehead atoms. The molecule has 0 aromatic rings. The van der Waals surface area contributed by atoms with Crippen LogP contribution in [0.1, 0.15) is 90.9 Å². The van der Waals surface area contributed by atoms with E-state index < -0.39 is 0 Å². The molecule has 0 saturated heterocycles. The van der Waals surface area contributed by atoms with Gasteiger partial charge in [-0.25, -0.2) is 0 Å². The van der Waals surface area contributed by atoms with E-state index in [2.05, 4.69) is 13.8 Å². The minimum Gasteiger partial charge on any atom is -0.0651 e. The van der Waals surface area contributed by atoms with Crippen LogP contribution in [0.5, 0.6) is 0 Å². The zero-order valence-electron chi connectivity index (χ0n) is 16.3. The van der Waals surface area contributed by atoms with Crippen LogP contribution in [0.2, 0.25) is 0 Å². The van der Waals surface area contributed by atoms with Gasteiger partial charge in [-0.3, -0.25) is 0 Å². The summed E-state index contributed by atoms with van der Waals surface area (Å²) in [4.78, 5) is 0. The Balaban J connectivity index is 1.26. The van der Waals surface area contributed by atoms with Crippen LogP contribution in [-0.4, -0.2) is 0 Å². The molecule has 5 aliphatic carbocycles. The van der Waals surface area contributed by atoms with E-state index in [1.807, 2.05) is 0 Å². The van der Waals surface area contributed by atoms with Gasteiger partial charge < -0.3 is 0 Å². The molecule has 0 N–H and O–H groups in total. The fourth-order valence-corrected chi connectivity index (χ4v) is 8.75. The van der Waals surface area contributed by atoms with Crippen LogP contribution in [0, 0.1) is 59.2 Å². The number of hydrogen-bond acceptors (Lipinski definition) is 0. The molecule has 5 aliphatic rings. The molecular formula is C24H40. The molecule has 0 nitrogen and oxygen atoms in total. The van der Waals surface area contributed by atoms with Crippen molar-refractivity contribution in [3.05, 3.63) is 0 Å². The summed E-state index contributed by atoms with van der Waals surface area (Å²) in [5.41, 5.74) is 0. The minimum atomic E-state index is 1.09. The van der Waals surface area contributed by atoms with Crippen LogP contribution in [0.25, 0.3) is 0 Å². The molecule has 0 aromatic heterocycles. The lowest BCUT2D eigenvalue weighted by Gasteiger charge is -2.51. The second kappa shape index (κ2) is 6.31. The van der Waals surface area contributed by atoms with Gasteiger partial charge in [0.25, 0.3) is 0 Å². The Hall–Kier alpha value is 0. The zero-order chi connectivity index (χ0) is 16.3. The molecule has 136 valence electrons. The fourth-order valence-electron chi connectivity index (χ4n) is 8.75. The zero-order valence-corrected chi connectivity index (χ0v) is 16.3. The molecule has 5 rings (SSSR count). The highest BCUT2D eigenvalue weighted by Gasteiger charge is 2.50. The van der Waals surface area contributed by atoms with Crippen LogP contribution < -0.4 is 0 Å². The molecule has 5 fully saturated rings. The van der Waals surface area contributed by atoms with Crippen molar-refractivity contribution < 1.29 is 0 Å². The monoisotopic (exact) mass is 328 g/mol. The predicted molar refractivity (Wildman–Crippen MR) is 102 cm³/mol. The average Bonchev–Trinajstić information content (AvgIpc) is 3.17. The van der Waals surface area contributed by atoms with Gasteiger partial charge in [0.1, 0.15) is 0 Å². The Morgan fingerprint density at radius 3 is 0.792 bits per heavy atom. The largest absolute Gasteiger partial charge is 0.0651 e. The second-order valence-electron chi connectivity index (χ2n) is 11.0. The first-order valence-electron chi connectivity index (χ1n) is 11.7. The second-order valence-corrected chi connectivity index (χ2v) is 11.0. The molecule has 0 amide bonds. The normalized spacial score (nSPS) is 56.2. The lowest BCUT2D eigenvalue weighted by Crippen LogP contribution is -2.41. The minimum absolute atomic E-state index is 1.09. The van der Waals surface area contributed by atoms with E-state index in [9.17, 15) is 0 Å². The topological polar surface area (TPSA) is 0 Å². The molecule has 0 radical (unpaired) electrons. The van der Waals surface area contributed by atoms with Crippen molar-refractivity contribution in [2.45, 2.75) is 90.9 Å². The Labute approximate surface area is 150 Å². The third-order valence-electron chi connectivity index (χ3n) is 10.00. The van der Waals surface area contributed by atoms with Crippen molar-refractivity contribution >= 4 is 0 Å². The summed E-state index contributed by atoms with van der Waals surface area (Å²) in [5.74, 6) is 11.3. The Kier molecular flexibility index (Phi) is 4.26. The van der Waals surface area contributed by atoms with Crippen molar-refractivity contribution in [2.75, 3.05) is 0 Å². The SMILES string of the molecule is CCC1CC2CC3CC4CC5CC(CC)CC5CC4CC3CC2C1. The van der Waals surface area contributed by atoms with Gasteiger partial charge in [0.15, 0.2) is 0 Å². The van der Waals surface area contributed by atoms with Crippen LogP contribution in [-0.2, 0) is 0 Å². The van der Waals surface area contributed by atoms with Gasteiger partial charge in [-0.2, -0.15) is 0 Å². The first-order chi connectivity index (χ1) is 11.7. The highest BCUT2D eigenvalue weighted by Crippen LogP contribution is 2.60. The lowest BCUT2D eigenvalue weighted by atomic mass is 9.55. The van der Waals surface area contributed by atoms with Crippen LogP contribution in [0.15, 0.2) is 0 Å². The first kappa shape index (κ1) is 16.2. The van der Waals surface area contributed by atoms with Crippen molar-refractivity contribution in [3.63, 3.8) is 0 Å². The molecule has 0 heterocycles. The van der Waals surface area contributed by atoms with E-state index in [0.29, 0.717) is 0 Å². The highest BCUT2D eigenvalue weighted by molar-refractivity contribution is 5.00. The Bertz CT molecular complexity index is 375. The predicted octanol–water partition coefficient (Wildman–Crippen LogP) is 6.94. The number of hydrogen-bond donors (Lipinski definition) is 0. The van der Waals surface area contributed by atoms with Gasteiger partial charge in [0, 0.05) is 0 Å². The van der Waals surface area contributed by atoms with Crippen molar-refractivity contribution in [1.29, 1.82) is 0 Å². The molecule has 8 unspecified atom stereocenters. The number of rotatable bonds is 2. The molecular weight excluding hydrogens is 288 g/mol. The maximum Gasteiger partial charge on any atom is -0.0380 e. The van der Waals surface area contributed by atoms with Crippen LogP contribution in [0.4, 0.5) is 0 Å². The van der Waals surface area contributed by atoms with E-state index in [-0.39, 0.29) is 0 Å². The van der Waals surface area contributed by atoms with Gasteiger partial charge in [-0.1, -0.05) is 26.7 Å². The smallest absolute Gasteiger partial charge is 0.0380 e. The van der Waals surface area contributed by atoms with E-state index in [1.54, 1.807) is 64.2 Å². The van der Waals surface area contributed by atoms with Crippen molar-refractivity contribution in [3.8, 4) is 0 Å². The molecule has 0 spiro atoms. The summed E-state index contributed by atoms with van der Waals surface area (Å²) in [5, 5.41) is 0. The van der Waals surface area contributed by atoms with E-state index in [0.717, 1.165) is 59.2 Å². The van der Waals surface area contributed by atoms with Gasteiger partial charge in [0.2, 0.25) is 0 Å². The van der Waals surface area contributed by atoms with E-state index in [4.69, 9.17) is 0 Å². The molecule has 0 aliphatic heterocycles. The van der Waals surface area contributed by atoms with E-state index >= 15 is 0 Å². The number of fused-ring (bicyclic) bond motifs is 4. The average molecular weight is 329 g/mol. The molecule has 5 saturated carbocycles. The quantitative estimate of drug-likeness (QED) is 0.515. The van der Waals surface area contributed by atoms with Crippen molar-refractivity contribution in [1.82, 2.24) is 0 Å². The van der Waals surface area contributed by atoms with Crippen molar-refractivity contribution in [2.24, 2.45) is 59.2 Å².